The number of fused-ring (bicyclic) bond motifs is 3. The lowest BCUT2D eigenvalue weighted by atomic mass is 9.76. The molecule has 0 N–H and O–H groups in total. The summed E-state index contributed by atoms with van der Waals surface area (Å²) in [5, 5.41) is 16.9. The molecule has 2 fully saturated rings. The number of pyridine rings is 1. The number of aromatic nitrogens is 1. The third-order valence-corrected chi connectivity index (χ3v) is 8.72. The van der Waals surface area contributed by atoms with Gasteiger partial charge in [-0.25, -0.2) is 9.78 Å². The molecule has 0 amide bonds. The van der Waals surface area contributed by atoms with Gasteiger partial charge in [0, 0.05) is 11.5 Å². The number of carbonyl (C=O) groups excluding carboxylic acids is 1. The van der Waals surface area contributed by atoms with Crippen molar-refractivity contribution in [2.75, 3.05) is 5.01 Å². The van der Waals surface area contributed by atoms with Crippen LogP contribution >= 0.6 is 0 Å². The van der Waals surface area contributed by atoms with E-state index < -0.39 is 0 Å². The van der Waals surface area contributed by atoms with Crippen LogP contribution in [0.25, 0.3) is 0 Å². The Hall–Kier alpha value is -3.20. The Morgan fingerprint density at radius 1 is 1.03 bits per heavy atom. The topological polar surface area (TPSA) is 78.6 Å². The zero-order valence-corrected chi connectivity index (χ0v) is 21.1. The quantitative estimate of drug-likeness (QED) is 0.492. The highest BCUT2D eigenvalue weighted by atomic mass is 16.5. The summed E-state index contributed by atoms with van der Waals surface area (Å²) in [5.41, 5.74) is 6.33. The minimum absolute atomic E-state index is 0.0317. The first-order valence-electron chi connectivity index (χ1n) is 13.7. The van der Waals surface area contributed by atoms with Gasteiger partial charge in [-0.2, -0.15) is 10.4 Å². The summed E-state index contributed by atoms with van der Waals surface area (Å²) in [6, 6.07) is 12.5. The molecule has 6 nitrogen and oxygen atoms in total. The predicted molar refractivity (Wildman–Crippen MR) is 139 cm³/mol. The molecule has 6 rings (SSSR count). The Labute approximate surface area is 213 Å². The van der Waals surface area contributed by atoms with Crippen molar-refractivity contribution in [2.24, 2.45) is 16.9 Å². The number of aryl methyl sites for hydroxylation is 2. The fourth-order valence-electron chi connectivity index (χ4n) is 6.85. The van der Waals surface area contributed by atoms with Crippen LogP contribution in [-0.2, 0) is 11.2 Å². The molecule has 1 aromatic heterocycles. The van der Waals surface area contributed by atoms with Gasteiger partial charge in [-0.1, -0.05) is 19.3 Å². The number of ether oxygens (including phenoxy) is 1. The zero-order valence-electron chi connectivity index (χ0n) is 21.1. The van der Waals surface area contributed by atoms with Gasteiger partial charge >= 0.3 is 5.97 Å². The number of hydrazone groups is 1. The number of carbonyl (C=O) groups is 1. The van der Waals surface area contributed by atoms with Gasteiger partial charge in [-0.05, 0) is 100 Å². The second-order valence-electron chi connectivity index (χ2n) is 11.0. The average molecular weight is 483 g/mol. The normalized spacial score (nSPS) is 24.1. The van der Waals surface area contributed by atoms with Crippen LogP contribution in [0.3, 0.4) is 0 Å². The summed E-state index contributed by atoms with van der Waals surface area (Å²) in [4.78, 5) is 17.6. The van der Waals surface area contributed by atoms with Gasteiger partial charge < -0.3 is 4.74 Å². The third kappa shape index (κ3) is 4.19. The maximum Gasteiger partial charge on any atom is 0.357 e. The van der Waals surface area contributed by atoms with E-state index in [1.54, 1.807) is 0 Å². The van der Waals surface area contributed by atoms with E-state index in [1.807, 2.05) is 31.2 Å². The van der Waals surface area contributed by atoms with E-state index in [0.717, 1.165) is 66.7 Å². The van der Waals surface area contributed by atoms with E-state index >= 15 is 0 Å². The lowest BCUT2D eigenvalue weighted by Crippen LogP contribution is -2.40. The first-order chi connectivity index (χ1) is 17.6. The molecule has 0 saturated heterocycles. The molecule has 1 aliphatic heterocycles. The standard InChI is InChI=1S/C30H34N4O2/c1-19-17-22(12-11-21(19)18-31)34-29(20-7-5-6-8-20)25-14-15-26-24(28(25)33-34)13-16-27(32-26)30(35)36-23-9-3-2-4-10-23/h11-13,16-17,20,23,25,29H,2-10,14-15H2,1H3. The number of benzene rings is 1. The Morgan fingerprint density at radius 2 is 1.81 bits per heavy atom. The molecule has 6 heteroatoms. The molecule has 2 heterocycles. The van der Waals surface area contributed by atoms with Gasteiger partial charge in [0.15, 0.2) is 0 Å². The van der Waals surface area contributed by atoms with Crippen LogP contribution in [0.1, 0.15) is 97.1 Å². The molecule has 0 bridgehead atoms. The summed E-state index contributed by atoms with van der Waals surface area (Å²) in [6.07, 6.45) is 12.4. The minimum atomic E-state index is -0.293. The summed E-state index contributed by atoms with van der Waals surface area (Å²) in [5.74, 6) is 0.684. The van der Waals surface area contributed by atoms with E-state index in [4.69, 9.17) is 14.8 Å². The van der Waals surface area contributed by atoms with Crippen molar-refractivity contribution < 1.29 is 9.53 Å². The largest absolute Gasteiger partial charge is 0.458 e. The second-order valence-corrected chi connectivity index (χ2v) is 11.0. The van der Waals surface area contributed by atoms with Crippen LogP contribution in [-0.4, -0.2) is 28.8 Å². The van der Waals surface area contributed by atoms with Crippen LogP contribution < -0.4 is 5.01 Å². The van der Waals surface area contributed by atoms with Crippen LogP contribution in [0, 0.1) is 30.1 Å². The molecule has 36 heavy (non-hydrogen) atoms. The molecule has 3 aliphatic carbocycles. The second kappa shape index (κ2) is 9.69. The molecule has 0 spiro atoms. The summed E-state index contributed by atoms with van der Waals surface area (Å²) < 4.78 is 5.78. The molecule has 2 atom stereocenters. The molecule has 1 aromatic carbocycles. The van der Waals surface area contributed by atoms with Crippen molar-refractivity contribution in [3.05, 3.63) is 58.4 Å². The number of hydrogen-bond donors (Lipinski definition) is 0. The van der Waals surface area contributed by atoms with Crippen molar-refractivity contribution in [3.8, 4) is 6.07 Å². The monoisotopic (exact) mass is 482 g/mol. The third-order valence-electron chi connectivity index (χ3n) is 8.72. The van der Waals surface area contributed by atoms with Gasteiger partial charge in [-0.15, -0.1) is 0 Å². The van der Waals surface area contributed by atoms with Crippen molar-refractivity contribution >= 4 is 17.4 Å². The Morgan fingerprint density at radius 3 is 2.56 bits per heavy atom. The first-order valence-corrected chi connectivity index (χ1v) is 13.7. The molecule has 4 aliphatic rings. The van der Waals surface area contributed by atoms with Gasteiger partial charge in [-0.3, -0.25) is 5.01 Å². The van der Waals surface area contributed by atoms with Gasteiger partial charge in [0.05, 0.1) is 34.8 Å². The van der Waals surface area contributed by atoms with Gasteiger partial charge in [0.1, 0.15) is 11.8 Å². The Bertz CT molecular complexity index is 1230. The number of esters is 1. The van der Waals surface area contributed by atoms with Gasteiger partial charge in [0.2, 0.25) is 0 Å². The van der Waals surface area contributed by atoms with E-state index in [0.29, 0.717) is 29.1 Å². The molecule has 186 valence electrons. The van der Waals surface area contributed by atoms with Crippen molar-refractivity contribution in [2.45, 2.75) is 89.7 Å². The highest BCUT2D eigenvalue weighted by Gasteiger charge is 2.46. The zero-order chi connectivity index (χ0) is 24.6. The Balaban J connectivity index is 1.31. The number of rotatable bonds is 4. The molecule has 2 unspecified atom stereocenters. The highest BCUT2D eigenvalue weighted by Crippen LogP contribution is 2.44. The smallest absolute Gasteiger partial charge is 0.357 e. The SMILES string of the molecule is Cc1cc(N2N=C3c4ccc(C(=O)OC5CCCCC5)nc4CCC3C2C2CCCC2)ccc1C#N. The molecule has 2 saturated carbocycles. The van der Waals surface area contributed by atoms with Crippen molar-refractivity contribution in [1.29, 1.82) is 5.26 Å². The first kappa shape index (κ1) is 23.2. The van der Waals surface area contributed by atoms with Crippen LogP contribution in [0.2, 0.25) is 0 Å². The number of nitrogens with zero attached hydrogens (tertiary/aromatic N) is 4. The summed E-state index contributed by atoms with van der Waals surface area (Å²) in [7, 11) is 0. The number of nitriles is 1. The molecule has 2 aromatic rings. The Kier molecular flexibility index (Phi) is 6.25. The summed E-state index contributed by atoms with van der Waals surface area (Å²) >= 11 is 0. The van der Waals surface area contributed by atoms with E-state index in [2.05, 4.69) is 17.1 Å². The van der Waals surface area contributed by atoms with E-state index in [9.17, 15) is 10.1 Å². The van der Waals surface area contributed by atoms with Gasteiger partial charge in [0.25, 0.3) is 0 Å². The number of anilines is 1. The molecular weight excluding hydrogens is 448 g/mol. The average Bonchev–Trinajstić information content (AvgIpc) is 3.57. The van der Waals surface area contributed by atoms with Crippen LogP contribution in [0.4, 0.5) is 5.69 Å². The molecule has 0 radical (unpaired) electrons. The maximum atomic E-state index is 12.8. The maximum absolute atomic E-state index is 12.8. The fourth-order valence-corrected chi connectivity index (χ4v) is 6.85. The number of hydrogen-bond acceptors (Lipinski definition) is 6. The van der Waals surface area contributed by atoms with E-state index in [1.165, 1.54) is 32.1 Å². The van der Waals surface area contributed by atoms with Crippen LogP contribution in [0.5, 0.6) is 0 Å². The molecular formula is C30H34N4O2. The fraction of sp³-hybridized carbons (Fsp3) is 0.533. The highest BCUT2D eigenvalue weighted by molar-refractivity contribution is 6.07. The predicted octanol–water partition coefficient (Wildman–Crippen LogP) is 6.10. The van der Waals surface area contributed by atoms with Crippen LogP contribution in [0.15, 0.2) is 35.4 Å². The van der Waals surface area contributed by atoms with Crippen molar-refractivity contribution in [3.63, 3.8) is 0 Å². The lowest BCUT2D eigenvalue weighted by Gasteiger charge is -2.34. The minimum Gasteiger partial charge on any atom is -0.458 e. The summed E-state index contributed by atoms with van der Waals surface area (Å²) in [6.45, 7) is 2.00. The lowest BCUT2D eigenvalue weighted by molar-refractivity contribution is 0.0204. The van der Waals surface area contributed by atoms with Crippen molar-refractivity contribution in [1.82, 2.24) is 4.98 Å². The van der Waals surface area contributed by atoms with E-state index in [-0.39, 0.29) is 12.1 Å².